The first-order valence-electron chi connectivity index (χ1n) is 7.92. The van der Waals surface area contributed by atoms with E-state index in [2.05, 4.69) is 25.4 Å². The topological polar surface area (TPSA) is 93.8 Å². The third kappa shape index (κ3) is 4.02. The summed E-state index contributed by atoms with van der Waals surface area (Å²) in [5.74, 6) is 0.416. The molecule has 4 rings (SSSR count). The van der Waals surface area contributed by atoms with Gasteiger partial charge in [-0.15, -0.1) is 11.3 Å². The minimum Gasteiger partial charge on any atom is -0.346 e. The van der Waals surface area contributed by atoms with Crippen LogP contribution in [0.15, 0.2) is 58.7 Å². The smallest absolute Gasteiger partial charge is 0.280 e. The third-order valence-corrected chi connectivity index (χ3v) is 4.70. The predicted octanol–water partition coefficient (Wildman–Crippen LogP) is 3.84. The van der Waals surface area contributed by atoms with E-state index < -0.39 is 0 Å². The van der Waals surface area contributed by atoms with Gasteiger partial charge in [0.1, 0.15) is 5.69 Å². The Morgan fingerprint density at radius 2 is 2.04 bits per heavy atom. The highest BCUT2D eigenvalue weighted by molar-refractivity contribution is 7.12. The van der Waals surface area contributed by atoms with E-state index in [4.69, 9.17) is 16.1 Å². The third-order valence-electron chi connectivity index (χ3n) is 3.62. The van der Waals surface area contributed by atoms with Crippen LogP contribution in [-0.2, 0) is 6.54 Å². The minimum atomic E-state index is -0.278. The molecule has 0 aliphatic heterocycles. The van der Waals surface area contributed by atoms with Crippen molar-refractivity contribution < 1.29 is 9.32 Å². The quantitative estimate of drug-likeness (QED) is 0.550. The van der Waals surface area contributed by atoms with Gasteiger partial charge in [0, 0.05) is 34.9 Å². The van der Waals surface area contributed by atoms with Crippen LogP contribution in [0, 0.1) is 0 Å². The molecule has 3 heterocycles. The van der Waals surface area contributed by atoms with Crippen LogP contribution in [0.3, 0.4) is 0 Å². The molecule has 0 radical (unpaired) electrons. The van der Waals surface area contributed by atoms with E-state index in [1.165, 1.54) is 11.3 Å². The maximum absolute atomic E-state index is 12.3. The van der Waals surface area contributed by atoms with Crippen LogP contribution in [0.2, 0.25) is 5.02 Å². The summed E-state index contributed by atoms with van der Waals surface area (Å²) in [5.41, 5.74) is 2.15. The van der Waals surface area contributed by atoms with Crippen molar-refractivity contribution in [2.24, 2.45) is 0 Å². The number of hydrogen-bond donors (Lipinski definition) is 1. The van der Waals surface area contributed by atoms with Gasteiger partial charge < -0.3 is 9.84 Å². The van der Waals surface area contributed by atoms with Crippen LogP contribution in [-0.4, -0.2) is 26.0 Å². The Labute approximate surface area is 163 Å². The van der Waals surface area contributed by atoms with Crippen LogP contribution >= 0.6 is 22.9 Å². The summed E-state index contributed by atoms with van der Waals surface area (Å²) in [5, 5.41) is 9.40. The zero-order valence-corrected chi connectivity index (χ0v) is 15.4. The molecular formula is C18H12ClN5O2S. The van der Waals surface area contributed by atoms with Crippen molar-refractivity contribution in [2.75, 3.05) is 0 Å². The number of benzene rings is 1. The molecule has 0 spiro atoms. The lowest BCUT2D eigenvalue weighted by Gasteiger charge is -2.03. The van der Waals surface area contributed by atoms with Gasteiger partial charge in [0.15, 0.2) is 5.01 Å². The van der Waals surface area contributed by atoms with E-state index in [-0.39, 0.29) is 11.8 Å². The second-order valence-corrected chi connectivity index (χ2v) is 6.80. The number of hydrogen-bond acceptors (Lipinski definition) is 7. The van der Waals surface area contributed by atoms with Crippen molar-refractivity contribution in [1.82, 2.24) is 25.4 Å². The molecule has 0 atom stereocenters. The highest BCUT2D eigenvalue weighted by Crippen LogP contribution is 2.23. The van der Waals surface area contributed by atoms with Gasteiger partial charge in [-0.2, -0.15) is 4.98 Å². The molecule has 0 aliphatic carbocycles. The Hall–Kier alpha value is -3.10. The fourth-order valence-electron chi connectivity index (χ4n) is 2.33. The summed E-state index contributed by atoms with van der Waals surface area (Å²) in [6, 6.07) is 10.9. The zero-order valence-electron chi connectivity index (χ0n) is 13.8. The van der Waals surface area contributed by atoms with Crippen LogP contribution in [0.25, 0.3) is 23.0 Å². The maximum Gasteiger partial charge on any atom is 0.280 e. The standard InChI is InChI=1S/C18H12ClN5O2S/c19-13-3-1-2-11(8-13)9-21-16(25)18-22-14(10-27-18)17-23-15(24-26-17)12-4-6-20-7-5-12/h1-8,10H,9H2,(H,21,25). The Morgan fingerprint density at radius 1 is 1.19 bits per heavy atom. The number of halogens is 1. The molecule has 4 aromatic rings. The van der Waals surface area contributed by atoms with E-state index in [1.807, 2.05) is 12.1 Å². The molecule has 0 bridgehead atoms. The van der Waals surface area contributed by atoms with Gasteiger partial charge in [0.2, 0.25) is 5.82 Å². The number of carbonyl (C=O) groups excluding carboxylic acids is 1. The summed E-state index contributed by atoms with van der Waals surface area (Å²) in [7, 11) is 0. The number of nitrogens with one attached hydrogen (secondary N) is 1. The van der Waals surface area contributed by atoms with E-state index >= 15 is 0 Å². The molecule has 0 fully saturated rings. The highest BCUT2D eigenvalue weighted by atomic mass is 35.5. The van der Waals surface area contributed by atoms with Crippen molar-refractivity contribution in [3.63, 3.8) is 0 Å². The zero-order chi connectivity index (χ0) is 18.6. The number of rotatable bonds is 5. The molecule has 1 N–H and O–H groups in total. The Kier molecular flexibility index (Phi) is 4.91. The van der Waals surface area contributed by atoms with Crippen molar-refractivity contribution in [3.8, 4) is 23.0 Å². The molecule has 3 aromatic heterocycles. The van der Waals surface area contributed by atoms with Gasteiger partial charge in [-0.1, -0.05) is 28.9 Å². The second-order valence-electron chi connectivity index (χ2n) is 5.51. The number of carbonyl (C=O) groups is 1. The molecule has 0 saturated heterocycles. The van der Waals surface area contributed by atoms with Crippen molar-refractivity contribution in [1.29, 1.82) is 0 Å². The summed E-state index contributed by atoms with van der Waals surface area (Å²) < 4.78 is 5.26. The largest absolute Gasteiger partial charge is 0.346 e. The Morgan fingerprint density at radius 3 is 2.85 bits per heavy atom. The van der Waals surface area contributed by atoms with Crippen LogP contribution in [0.1, 0.15) is 15.4 Å². The normalized spacial score (nSPS) is 10.7. The van der Waals surface area contributed by atoms with Gasteiger partial charge in [-0.05, 0) is 29.8 Å². The van der Waals surface area contributed by atoms with Crippen molar-refractivity contribution in [2.45, 2.75) is 6.54 Å². The number of pyridine rings is 1. The van der Waals surface area contributed by atoms with Crippen molar-refractivity contribution >= 4 is 28.8 Å². The van der Waals surface area contributed by atoms with Gasteiger partial charge in [-0.25, -0.2) is 4.98 Å². The van der Waals surface area contributed by atoms with Crippen LogP contribution in [0.5, 0.6) is 0 Å². The van der Waals surface area contributed by atoms with E-state index in [1.54, 1.807) is 42.0 Å². The summed E-state index contributed by atoms with van der Waals surface area (Å²) in [6.07, 6.45) is 3.30. The molecule has 0 aliphatic rings. The lowest BCUT2D eigenvalue weighted by molar-refractivity contribution is 0.0950. The van der Waals surface area contributed by atoms with Gasteiger partial charge in [-0.3, -0.25) is 9.78 Å². The second kappa shape index (κ2) is 7.65. The van der Waals surface area contributed by atoms with Crippen LogP contribution < -0.4 is 5.32 Å². The molecule has 1 amide bonds. The van der Waals surface area contributed by atoms with Crippen LogP contribution in [0.4, 0.5) is 0 Å². The fraction of sp³-hybridized carbons (Fsp3) is 0.0556. The number of thiazole rings is 1. The fourth-order valence-corrected chi connectivity index (χ4v) is 3.25. The molecule has 1 aromatic carbocycles. The SMILES string of the molecule is O=C(NCc1cccc(Cl)c1)c1nc(-c2nc(-c3ccncc3)no2)cs1. The Bertz CT molecular complexity index is 1080. The average Bonchev–Trinajstić information content (AvgIpc) is 3.36. The average molecular weight is 398 g/mol. The molecular weight excluding hydrogens is 386 g/mol. The maximum atomic E-state index is 12.3. The summed E-state index contributed by atoms with van der Waals surface area (Å²) in [6.45, 7) is 0.362. The first-order valence-corrected chi connectivity index (χ1v) is 9.17. The summed E-state index contributed by atoms with van der Waals surface area (Å²) >= 11 is 7.15. The number of nitrogens with zero attached hydrogens (tertiary/aromatic N) is 4. The molecule has 0 saturated carbocycles. The first kappa shape index (κ1) is 17.3. The molecule has 9 heteroatoms. The van der Waals surface area contributed by atoms with E-state index in [0.29, 0.717) is 28.1 Å². The van der Waals surface area contributed by atoms with Gasteiger partial charge in [0.05, 0.1) is 0 Å². The van der Waals surface area contributed by atoms with Gasteiger partial charge >= 0.3 is 0 Å². The number of amides is 1. The van der Waals surface area contributed by atoms with Gasteiger partial charge in [0.25, 0.3) is 11.8 Å². The minimum absolute atomic E-state index is 0.256. The lowest BCUT2D eigenvalue weighted by atomic mass is 10.2. The summed E-state index contributed by atoms with van der Waals surface area (Å²) in [4.78, 5) is 24.9. The predicted molar refractivity (Wildman–Crippen MR) is 101 cm³/mol. The molecule has 0 unspecified atom stereocenters. The van der Waals surface area contributed by atoms with E-state index in [9.17, 15) is 4.79 Å². The Balaban J connectivity index is 1.45. The highest BCUT2D eigenvalue weighted by Gasteiger charge is 2.17. The number of aromatic nitrogens is 4. The lowest BCUT2D eigenvalue weighted by Crippen LogP contribution is -2.22. The molecule has 7 nitrogen and oxygen atoms in total. The monoisotopic (exact) mass is 397 g/mol. The molecule has 27 heavy (non-hydrogen) atoms. The van der Waals surface area contributed by atoms with E-state index in [0.717, 1.165) is 11.1 Å². The molecule has 134 valence electrons. The first-order chi connectivity index (χ1) is 13.2. The van der Waals surface area contributed by atoms with Crippen molar-refractivity contribution in [3.05, 3.63) is 69.8 Å².